The van der Waals surface area contributed by atoms with Crippen LogP contribution >= 0.6 is 67.8 Å². The van der Waals surface area contributed by atoms with E-state index in [1.54, 1.807) is 0 Å². The molecule has 0 bridgehead atoms. The summed E-state index contributed by atoms with van der Waals surface area (Å²) in [6.07, 6.45) is 0.450. The smallest absolute Gasteiger partial charge is 0.465 e. The van der Waals surface area contributed by atoms with E-state index in [9.17, 15) is 22.0 Å². The van der Waals surface area contributed by atoms with Crippen LogP contribution in [-0.4, -0.2) is 36.4 Å². The van der Waals surface area contributed by atoms with E-state index >= 15 is 0 Å². The Bertz CT molecular complexity index is 771. The van der Waals surface area contributed by atoms with Gasteiger partial charge in [-0.15, -0.1) is 0 Å². The Morgan fingerprint density at radius 2 is 1.54 bits per heavy atom. The van der Waals surface area contributed by atoms with Crippen LogP contribution in [0.1, 0.15) is 25.7 Å². The highest BCUT2D eigenvalue weighted by Gasteiger charge is 2.54. The first-order valence-corrected chi connectivity index (χ1v) is 12.0. The van der Waals surface area contributed by atoms with Crippen LogP contribution in [0, 0.1) is 10.7 Å². The fourth-order valence-electron chi connectivity index (χ4n) is 2.40. The lowest BCUT2D eigenvalue weighted by molar-refractivity contribution is -0.169. The standard InChI is InChI=1S/C14H13F2I3O6S/c15-14(16,26(21,22)23)13(20)25-9-3-1-8(2-4-9)24-12-10(18)5-7(17)6-11(12)19/h5-6,8-9H,1-4H2,(H,21,22,23). The number of rotatable bonds is 5. The Morgan fingerprint density at radius 1 is 1.08 bits per heavy atom. The van der Waals surface area contributed by atoms with Crippen molar-refractivity contribution < 1.29 is 36.0 Å². The minimum absolute atomic E-state index is 0.158. The van der Waals surface area contributed by atoms with Gasteiger partial charge in [-0.2, -0.15) is 17.2 Å². The van der Waals surface area contributed by atoms with Crippen LogP contribution in [0.4, 0.5) is 8.78 Å². The minimum Gasteiger partial charge on any atom is -0.488 e. The van der Waals surface area contributed by atoms with Crippen molar-refractivity contribution in [3.05, 3.63) is 22.8 Å². The number of ether oxygens (including phenoxy) is 2. The molecule has 0 aromatic heterocycles. The average Bonchev–Trinajstić information content (AvgIpc) is 2.51. The molecule has 0 aliphatic heterocycles. The molecule has 6 nitrogen and oxygen atoms in total. The molecule has 0 saturated heterocycles. The zero-order chi connectivity index (χ0) is 19.7. The molecule has 0 unspecified atom stereocenters. The first kappa shape index (κ1) is 22.7. The summed E-state index contributed by atoms with van der Waals surface area (Å²) in [5, 5.41) is -4.96. The van der Waals surface area contributed by atoms with Gasteiger partial charge in [-0.25, -0.2) is 4.79 Å². The molecule has 1 saturated carbocycles. The number of benzene rings is 1. The Labute approximate surface area is 189 Å². The van der Waals surface area contributed by atoms with Gasteiger partial charge < -0.3 is 9.47 Å². The Hall–Kier alpha value is 0.450. The molecule has 1 aromatic rings. The Morgan fingerprint density at radius 3 is 2.00 bits per heavy atom. The number of esters is 1. The highest BCUT2D eigenvalue weighted by Crippen LogP contribution is 2.34. The molecule has 26 heavy (non-hydrogen) atoms. The molecule has 2 rings (SSSR count). The van der Waals surface area contributed by atoms with Crippen LogP contribution in [0.15, 0.2) is 12.1 Å². The van der Waals surface area contributed by atoms with Gasteiger partial charge in [0.05, 0.1) is 13.2 Å². The van der Waals surface area contributed by atoms with Crippen molar-refractivity contribution in [3.8, 4) is 5.75 Å². The fourth-order valence-corrected chi connectivity index (χ4v) is 6.50. The summed E-state index contributed by atoms with van der Waals surface area (Å²) in [7, 11) is -5.85. The summed E-state index contributed by atoms with van der Waals surface area (Å²) in [6.45, 7) is 0. The highest BCUT2D eigenvalue weighted by molar-refractivity contribution is 14.1. The van der Waals surface area contributed by atoms with E-state index < -0.39 is 27.4 Å². The third-order valence-electron chi connectivity index (χ3n) is 3.70. The second-order valence-electron chi connectivity index (χ2n) is 5.61. The second kappa shape index (κ2) is 8.86. The molecule has 1 aliphatic rings. The second-order valence-corrected chi connectivity index (χ2v) is 10.6. The molecule has 1 aromatic carbocycles. The molecule has 0 radical (unpaired) electrons. The van der Waals surface area contributed by atoms with Crippen LogP contribution in [0.2, 0.25) is 0 Å². The third-order valence-corrected chi connectivity index (χ3v) is 6.74. The molecule has 146 valence electrons. The summed E-state index contributed by atoms with van der Waals surface area (Å²) in [5.41, 5.74) is 0. The Balaban J connectivity index is 1.93. The van der Waals surface area contributed by atoms with Crippen molar-refractivity contribution in [1.29, 1.82) is 0 Å². The van der Waals surface area contributed by atoms with E-state index in [0.29, 0.717) is 12.8 Å². The van der Waals surface area contributed by atoms with Crippen LogP contribution in [0.3, 0.4) is 0 Å². The number of hydrogen-bond acceptors (Lipinski definition) is 5. The van der Waals surface area contributed by atoms with Crippen molar-refractivity contribution in [2.45, 2.75) is 43.1 Å². The lowest BCUT2D eigenvalue weighted by atomic mass is 9.95. The number of carbonyl (C=O) groups is 1. The van der Waals surface area contributed by atoms with Gasteiger partial charge >= 0.3 is 21.3 Å². The van der Waals surface area contributed by atoms with Gasteiger partial charge in [0.25, 0.3) is 0 Å². The Kier molecular flexibility index (Phi) is 7.74. The normalized spacial score (nSPS) is 21.3. The maximum atomic E-state index is 13.2. The first-order chi connectivity index (χ1) is 11.9. The monoisotopic (exact) mass is 728 g/mol. The van der Waals surface area contributed by atoms with Crippen LogP contribution < -0.4 is 4.74 Å². The summed E-state index contributed by atoms with van der Waals surface area (Å²) >= 11 is 6.56. The number of alkyl halides is 2. The van der Waals surface area contributed by atoms with Crippen molar-refractivity contribution in [3.63, 3.8) is 0 Å². The largest absolute Gasteiger partial charge is 0.488 e. The van der Waals surface area contributed by atoms with Crippen molar-refractivity contribution in [1.82, 2.24) is 0 Å². The van der Waals surface area contributed by atoms with Crippen LogP contribution in [0.5, 0.6) is 5.75 Å². The quantitative estimate of drug-likeness (QED) is 0.278. The van der Waals surface area contributed by atoms with Gasteiger partial charge in [0.1, 0.15) is 11.9 Å². The summed E-state index contributed by atoms with van der Waals surface area (Å²) in [6, 6.07) is 3.95. The maximum Gasteiger partial charge on any atom is 0.465 e. The van der Waals surface area contributed by atoms with E-state index in [0.717, 1.165) is 16.5 Å². The van der Waals surface area contributed by atoms with E-state index in [4.69, 9.17) is 9.29 Å². The van der Waals surface area contributed by atoms with E-state index in [1.165, 1.54) is 0 Å². The van der Waals surface area contributed by atoms with Gasteiger partial charge in [-0.3, -0.25) is 4.55 Å². The molecule has 1 fully saturated rings. The molecule has 0 amide bonds. The van der Waals surface area contributed by atoms with Crippen LogP contribution in [0.25, 0.3) is 0 Å². The van der Waals surface area contributed by atoms with E-state index in [2.05, 4.69) is 72.5 Å². The zero-order valence-corrected chi connectivity index (χ0v) is 20.2. The summed E-state index contributed by atoms with van der Waals surface area (Å²) in [5.74, 6) is -1.50. The van der Waals surface area contributed by atoms with E-state index in [1.807, 2.05) is 12.1 Å². The molecule has 0 atom stereocenters. The number of carbonyl (C=O) groups excluding carboxylic acids is 1. The highest BCUT2D eigenvalue weighted by atomic mass is 127. The SMILES string of the molecule is O=C(OC1CCC(Oc2c(I)cc(I)cc2I)CC1)C(F)(F)S(=O)(=O)O. The summed E-state index contributed by atoms with van der Waals surface area (Å²) < 4.78 is 69.6. The lowest BCUT2D eigenvalue weighted by Crippen LogP contribution is -2.41. The zero-order valence-electron chi connectivity index (χ0n) is 12.9. The van der Waals surface area contributed by atoms with E-state index in [-0.39, 0.29) is 18.9 Å². The van der Waals surface area contributed by atoms with Crippen LogP contribution in [-0.2, 0) is 19.6 Å². The van der Waals surface area contributed by atoms with Crippen molar-refractivity contribution >= 4 is 83.9 Å². The molecule has 0 spiro atoms. The van der Waals surface area contributed by atoms with Gasteiger partial charge in [0, 0.05) is 3.57 Å². The van der Waals surface area contributed by atoms with Gasteiger partial charge in [-0.05, 0) is 106 Å². The fraction of sp³-hybridized carbons (Fsp3) is 0.500. The predicted octanol–water partition coefficient (Wildman–Crippen LogP) is 4.21. The number of halogens is 5. The predicted molar refractivity (Wildman–Crippen MR) is 114 cm³/mol. The first-order valence-electron chi connectivity index (χ1n) is 7.29. The topological polar surface area (TPSA) is 89.9 Å². The van der Waals surface area contributed by atoms with Gasteiger partial charge in [-0.1, -0.05) is 0 Å². The van der Waals surface area contributed by atoms with Crippen molar-refractivity contribution in [2.75, 3.05) is 0 Å². The molecular formula is C14H13F2I3O6S. The summed E-state index contributed by atoms with van der Waals surface area (Å²) in [4.78, 5) is 11.3. The van der Waals surface area contributed by atoms with Gasteiger partial charge in [0.15, 0.2) is 0 Å². The number of hydrogen-bond donors (Lipinski definition) is 1. The maximum absolute atomic E-state index is 13.2. The average molecular weight is 728 g/mol. The van der Waals surface area contributed by atoms with Crippen molar-refractivity contribution in [2.24, 2.45) is 0 Å². The molecular weight excluding hydrogens is 715 g/mol. The van der Waals surface area contributed by atoms with Gasteiger partial charge in [0.2, 0.25) is 0 Å². The minimum atomic E-state index is -5.85. The molecule has 12 heteroatoms. The molecule has 1 aliphatic carbocycles. The molecule has 1 N–H and O–H groups in total. The lowest BCUT2D eigenvalue weighted by Gasteiger charge is -2.30. The molecule has 0 heterocycles. The third kappa shape index (κ3) is 5.50.